The fourth-order valence-corrected chi connectivity index (χ4v) is 3.28. The van der Waals surface area contributed by atoms with Crippen molar-refractivity contribution in [1.29, 1.82) is 0 Å². The third kappa shape index (κ3) is 2.74. The number of rotatable bonds is 4. The summed E-state index contributed by atoms with van der Waals surface area (Å²) in [5, 5.41) is 1.07. The summed E-state index contributed by atoms with van der Waals surface area (Å²) in [7, 11) is 5.72. The maximum atomic E-state index is 12.8. The molecule has 5 heteroatoms. The zero-order valence-corrected chi connectivity index (χ0v) is 13.4. The van der Waals surface area contributed by atoms with Crippen LogP contribution in [0.5, 0.6) is 0 Å². The molecule has 1 amide bonds. The topological polar surface area (TPSA) is 48.6 Å². The van der Waals surface area contributed by atoms with Crippen molar-refractivity contribution < 1.29 is 9.53 Å². The summed E-state index contributed by atoms with van der Waals surface area (Å²) in [6.45, 7) is 1.64. The molecule has 2 atom stereocenters. The quantitative estimate of drug-likeness (QED) is 0.939. The maximum Gasteiger partial charge on any atom is 0.255 e. The van der Waals surface area contributed by atoms with Crippen molar-refractivity contribution in [1.82, 2.24) is 14.8 Å². The van der Waals surface area contributed by atoms with Gasteiger partial charge < -0.3 is 14.6 Å². The number of methoxy groups -OCH3 is 1. The Morgan fingerprint density at radius 3 is 3.00 bits per heavy atom. The fraction of sp³-hybridized carbons (Fsp3) is 0.471. The molecule has 2 aromatic rings. The number of H-pyrrole nitrogens is 1. The smallest absolute Gasteiger partial charge is 0.255 e. The lowest BCUT2D eigenvalue weighted by Crippen LogP contribution is -2.39. The van der Waals surface area contributed by atoms with Crippen LogP contribution in [0.1, 0.15) is 16.8 Å². The third-order valence-corrected chi connectivity index (χ3v) is 4.63. The Kier molecular flexibility index (Phi) is 4.18. The number of likely N-dealkylation sites (tertiary alicyclic amines) is 1. The van der Waals surface area contributed by atoms with Crippen LogP contribution in [0.3, 0.4) is 0 Å². The van der Waals surface area contributed by atoms with Crippen molar-refractivity contribution in [3.63, 3.8) is 0 Å². The van der Waals surface area contributed by atoms with E-state index in [1.807, 2.05) is 42.4 Å². The number of benzene rings is 1. The molecule has 0 unspecified atom stereocenters. The number of nitrogens with one attached hydrogen (secondary N) is 1. The van der Waals surface area contributed by atoms with Gasteiger partial charge >= 0.3 is 0 Å². The number of aromatic nitrogens is 1. The number of carbonyl (C=O) groups excluding carboxylic acids is 1. The van der Waals surface area contributed by atoms with Crippen LogP contribution in [0.15, 0.2) is 30.5 Å². The van der Waals surface area contributed by atoms with Gasteiger partial charge in [-0.1, -0.05) is 12.1 Å². The molecule has 1 aliphatic rings. The Bertz CT molecular complexity index is 667. The van der Waals surface area contributed by atoms with Crippen molar-refractivity contribution in [2.75, 3.05) is 34.3 Å². The van der Waals surface area contributed by atoms with Crippen molar-refractivity contribution in [2.24, 2.45) is 0 Å². The minimum Gasteiger partial charge on any atom is -0.380 e. The summed E-state index contributed by atoms with van der Waals surface area (Å²) in [6.07, 6.45) is 3.11. The lowest BCUT2D eigenvalue weighted by atomic mass is 10.1. The molecule has 0 bridgehead atoms. The SMILES string of the molecule is CO[C@H]1C[C@@H](CN(C)C(=O)c2cccc3cc[nH]c23)N(C)C1. The molecule has 1 aromatic heterocycles. The van der Waals surface area contributed by atoms with Gasteiger partial charge in [-0.3, -0.25) is 9.69 Å². The van der Waals surface area contributed by atoms with E-state index >= 15 is 0 Å². The number of carbonyl (C=O) groups is 1. The van der Waals surface area contributed by atoms with Crippen LogP contribution in [0, 0.1) is 0 Å². The van der Waals surface area contributed by atoms with Crippen molar-refractivity contribution in [3.8, 4) is 0 Å². The monoisotopic (exact) mass is 301 g/mol. The van der Waals surface area contributed by atoms with Crippen LogP contribution in [0.4, 0.5) is 0 Å². The van der Waals surface area contributed by atoms with E-state index < -0.39 is 0 Å². The molecule has 0 spiro atoms. The van der Waals surface area contributed by atoms with Gasteiger partial charge in [-0.25, -0.2) is 0 Å². The number of nitrogens with zero attached hydrogens (tertiary/aromatic N) is 2. The van der Waals surface area contributed by atoms with Gasteiger partial charge in [0.25, 0.3) is 5.91 Å². The number of fused-ring (bicyclic) bond motifs is 1. The Morgan fingerprint density at radius 2 is 2.27 bits per heavy atom. The van der Waals surface area contributed by atoms with Crippen LogP contribution >= 0.6 is 0 Å². The molecule has 1 aromatic carbocycles. The van der Waals surface area contributed by atoms with E-state index in [1.54, 1.807) is 7.11 Å². The number of para-hydroxylation sites is 1. The summed E-state index contributed by atoms with van der Waals surface area (Å²) < 4.78 is 5.44. The fourth-order valence-electron chi connectivity index (χ4n) is 3.28. The van der Waals surface area contributed by atoms with Crippen LogP contribution in [0.2, 0.25) is 0 Å². The molecule has 3 rings (SSSR count). The maximum absolute atomic E-state index is 12.8. The van der Waals surface area contributed by atoms with E-state index in [0.29, 0.717) is 12.6 Å². The summed E-state index contributed by atoms with van der Waals surface area (Å²) in [6, 6.07) is 8.16. The van der Waals surface area contributed by atoms with Gasteiger partial charge in [0.2, 0.25) is 0 Å². The van der Waals surface area contributed by atoms with E-state index in [4.69, 9.17) is 4.74 Å². The highest BCUT2D eigenvalue weighted by Gasteiger charge is 2.31. The molecular formula is C17H23N3O2. The Morgan fingerprint density at radius 1 is 1.45 bits per heavy atom. The second kappa shape index (κ2) is 6.10. The molecule has 118 valence electrons. The van der Waals surface area contributed by atoms with Crippen LogP contribution in [-0.2, 0) is 4.74 Å². The predicted molar refractivity (Wildman–Crippen MR) is 87.1 cm³/mol. The molecule has 0 saturated carbocycles. The highest BCUT2D eigenvalue weighted by Crippen LogP contribution is 2.21. The van der Waals surface area contributed by atoms with E-state index in [9.17, 15) is 4.79 Å². The number of amides is 1. The number of ether oxygens (including phenoxy) is 1. The van der Waals surface area contributed by atoms with Crippen molar-refractivity contribution in [3.05, 3.63) is 36.0 Å². The second-order valence-corrected chi connectivity index (χ2v) is 6.12. The number of aromatic amines is 1. The summed E-state index contributed by atoms with van der Waals surface area (Å²) >= 11 is 0. The molecular weight excluding hydrogens is 278 g/mol. The minimum atomic E-state index is 0.0577. The van der Waals surface area contributed by atoms with Gasteiger partial charge in [0.15, 0.2) is 0 Å². The zero-order chi connectivity index (χ0) is 15.7. The molecule has 1 N–H and O–H groups in total. The molecule has 22 heavy (non-hydrogen) atoms. The molecule has 1 aliphatic heterocycles. The van der Waals surface area contributed by atoms with E-state index in [-0.39, 0.29) is 12.0 Å². The van der Waals surface area contributed by atoms with E-state index in [2.05, 4.69) is 16.9 Å². The first-order valence-electron chi connectivity index (χ1n) is 7.64. The lowest BCUT2D eigenvalue weighted by Gasteiger charge is -2.25. The van der Waals surface area contributed by atoms with Crippen LogP contribution < -0.4 is 0 Å². The highest BCUT2D eigenvalue weighted by atomic mass is 16.5. The van der Waals surface area contributed by atoms with Gasteiger partial charge in [-0.05, 0) is 25.6 Å². The number of likely N-dealkylation sites (N-methyl/N-ethyl adjacent to an activating group) is 2. The molecule has 2 heterocycles. The average molecular weight is 301 g/mol. The number of hydrogen-bond acceptors (Lipinski definition) is 3. The number of hydrogen-bond donors (Lipinski definition) is 1. The highest BCUT2D eigenvalue weighted by molar-refractivity contribution is 6.05. The van der Waals surface area contributed by atoms with Crippen LogP contribution in [0.25, 0.3) is 10.9 Å². The van der Waals surface area contributed by atoms with Gasteiger partial charge in [0.05, 0.1) is 17.2 Å². The molecule has 5 nitrogen and oxygen atoms in total. The Labute approximate surface area is 130 Å². The van der Waals surface area contributed by atoms with E-state index in [0.717, 1.165) is 29.4 Å². The molecule has 0 radical (unpaired) electrons. The normalized spacial score (nSPS) is 22.3. The first-order valence-corrected chi connectivity index (χ1v) is 7.64. The average Bonchev–Trinajstić information content (AvgIpc) is 3.13. The minimum absolute atomic E-state index is 0.0577. The molecule has 1 saturated heterocycles. The molecule has 0 aliphatic carbocycles. The zero-order valence-electron chi connectivity index (χ0n) is 13.4. The van der Waals surface area contributed by atoms with Crippen molar-refractivity contribution in [2.45, 2.75) is 18.6 Å². The lowest BCUT2D eigenvalue weighted by molar-refractivity contribution is 0.0762. The van der Waals surface area contributed by atoms with Gasteiger partial charge in [-0.2, -0.15) is 0 Å². The van der Waals surface area contributed by atoms with Crippen LogP contribution in [-0.4, -0.2) is 67.1 Å². The standard InChI is InChI=1S/C17H23N3O2/c1-19-11-14(22-3)9-13(19)10-20(2)17(21)15-6-4-5-12-7-8-18-16(12)15/h4-8,13-14,18H,9-11H2,1-3H3/t13-,14-/m0/s1. The Balaban J connectivity index is 1.74. The van der Waals surface area contributed by atoms with Gasteiger partial charge in [-0.15, -0.1) is 0 Å². The Hall–Kier alpha value is -1.85. The van der Waals surface area contributed by atoms with Crippen molar-refractivity contribution >= 4 is 16.8 Å². The summed E-state index contributed by atoms with van der Waals surface area (Å²) in [5.41, 5.74) is 1.64. The first kappa shape index (κ1) is 15.1. The first-order chi connectivity index (χ1) is 10.6. The van der Waals surface area contributed by atoms with Gasteiger partial charge in [0.1, 0.15) is 0 Å². The molecule has 1 fully saturated rings. The second-order valence-electron chi connectivity index (χ2n) is 6.12. The van der Waals surface area contributed by atoms with E-state index in [1.165, 1.54) is 0 Å². The third-order valence-electron chi connectivity index (χ3n) is 4.63. The predicted octanol–water partition coefficient (Wildman–Crippen LogP) is 1.96. The van der Waals surface area contributed by atoms with Gasteiger partial charge in [0, 0.05) is 44.9 Å². The summed E-state index contributed by atoms with van der Waals surface area (Å²) in [5.74, 6) is 0.0577. The largest absolute Gasteiger partial charge is 0.380 e. The summed E-state index contributed by atoms with van der Waals surface area (Å²) in [4.78, 5) is 20.0.